The Labute approximate surface area is 169 Å². The number of carbonyl (C=O) groups excluding carboxylic acids is 1. The van der Waals surface area contributed by atoms with Gasteiger partial charge < -0.3 is 15.0 Å². The van der Waals surface area contributed by atoms with Gasteiger partial charge >= 0.3 is 0 Å². The van der Waals surface area contributed by atoms with E-state index in [0.29, 0.717) is 31.3 Å². The van der Waals surface area contributed by atoms with E-state index < -0.39 is 0 Å². The predicted octanol–water partition coefficient (Wildman–Crippen LogP) is 1.65. The van der Waals surface area contributed by atoms with Crippen LogP contribution in [0, 0.1) is 5.92 Å². The minimum absolute atomic E-state index is 0.00855. The fourth-order valence-corrected chi connectivity index (χ4v) is 3.79. The van der Waals surface area contributed by atoms with Crippen molar-refractivity contribution >= 4 is 23.3 Å². The van der Waals surface area contributed by atoms with Crippen LogP contribution in [-0.2, 0) is 16.1 Å². The zero-order chi connectivity index (χ0) is 19.3. The van der Waals surface area contributed by atoms with Crippen molar-refractivity contribution in [2.75, 3.05) is 37.7 Å². The zero-order valence-electron chi connectivity index (χ0n) is 15.5. The van der Waals surface area contributed by atoms with Gasteiger partial charge in [-0.15, -0.1) is 0 Å². The standard InChI is InChI=1S/C20H24ClN5O2/c21-16-5-3-14(4-6-16)18-17(13-24-25-18)20(27)23-12-15-2-1-7-22-19(15)26-8-10-28-11-9-26/h1-7,17-18,24-25H,8-13H2,(H,23,27). The van der Waals surface area contributed by atoms with Crippen LogP contribution in [0.1, 0.15) is 17.2 Å². The first kappa shape index (κ1) is 19.1. The maximum absolute atomic E-state index is 12.9. The number of hydrogen-bond acceptors (Lipinski definition) is 6. The van der Waals surface area contributed by atoms with Crippen molar-refractivity contribution < 1.29 is 9.53 Å². The van der Waals surface area contributed by atoms with Crippen LogP contribution in [0.3, 0.4) is 0 Å². The quantitative estimate of drug-likeness (QED) is 0.707. The highest BCUT2D eigenvalue weighted by Gasteiger charge is 2.33. The highest BCUT2D eigenvalue weighted by atomic mass is 35.5. The molecule has 3 N–H and O–H groups in total. The number of anilines is 1. The second-order valence-corrected chi connectivity index (χ2v) is 7.40. The Kier molecular flexibility index (Phi) is 6.07. The fourth-order valence-electron chi connectivity index (χ4n) is 3.67. The largest absolute Gasteiger partial charge is 0.378 e. The number of halogens is 1. The van der Waals surface area contributed by atoms with Gasteiger partial charge in [-0.2, -0.15) is 0 Å². The van der Waals surface area contributed by atoms with Crippen LogP contribution >= 0.6 is 11.6 Å². The van der Waals surface area contributed by atoms with Crippen molar-refractivity contribution in [2.45, 2.75) is 12.6 Å². The Balaban J connectivity index is 1.42. The Hall–Kier alpha value is -2.19. The van der Waals surface area contributed by atoms with Gasteiger partial charge in [0, 0.05) is 43.0 Å². The average molecular weight is 402 g/mol. The van der Waals surface area contributed by atoms with Crippen molar-refractivity contribution in [3.8, 4) is 0 Å². The van der Waals surface area contributed by atoms with Crippen molar-refractivity contribution in [1.82, 2.24) is 21.2 Å². The summed E-state index contributed by atoms with van der Waals surface area (Å²) in [7, 11) is 0. The van der Waals surface area contributed by atoms with E-state index in [1.54, 1.807) is 6.20 Å². The molecule has 2 fully saturated rings. The second kappa shape index (κ2) is 8.87. The molecule has 4 rings (SSSR count). The molecule has 2 aromatic rings. The first-order valence-corrected chi connectivity index (χ1v) is 9.88. The molecule has 2 atom stereocenters. The third-order valence-electron chi connectivity index (χ3n) is 5.18. The number of nitrogens with zero attached hydrogens (tertiary/aromatic N) is 2. The number of morpholine rings is 1. The minimum atomic E-state index is -0.204. The van der Waals surface area contributed by atoms with Gasteiger partial charge in [0.1, 0.15) is 5.82 Å². The van der Waals surface area contributed by atoms with Crippen LogP contribution in [0.4, 0.5) is 5.82 Å². The third-order valence-corrected chi connectivity index (χ3v) is 5.43. The summed E-state index contributed by atoms with van der Waals surface area (Å²) in [5, 5.41) is 3.77. The summed E-state index contributed by atoms with van der Waals surface area (Å²) in [6.45, 7) is 4.04. The van der Waals surface area contributed by atoms with Gasteiger partial charge in [-0.1, -0.05) is 29.8 Å². The van der Waals surface area contributed by atoms with Crippen molar-refractivity contribution in [1.29, 1.82) is 0 Å². The summed E-state index contributed by atoms with van der Waals surface area (Å²) in [4.78, 5) is 19.6. The van der Waals surface area contributed by atoms with E-state index in [1.807, 2.05) is 36.4 Å². The molecule has 2 saturated heterocycles. The summed E-state index contributed by atoms with van der Waals surface area (Å²) < 4.78 is 5.43. The summed E-state index contributed by atoms with van der Waals surface area (Å²) >= 11 is 5.98. The number of amides is 1. The highest BCUT2D eigenvalue weighted by Crippen LogP contribution is 2.26. The number of nitrogens with one attached hydrogen (secondary N) is 3. The average Bonchev–Trinajstić information content (AvgIpc) is 3.23. The number of carbonyl (C=O) groups is 1. The maximum Gasteiger partial charge on any atom is 0.226 e. The number of aromatic nitrogens is 1. The molecule has 2 aliphatic rings. The van der Waals surface area contributed by atoms with E-state index in [9.17, 15) is 4.79 Å². The molecule has 3 heterocycles. The molecule has 2 unspecified atom stereocenters. The Morgan fingerprint density at radius 2 is 2.04 bits per heavy atom. The second-order valence-electron chi connectivity index (χ2n) is 6.96. The molecule has 1 aromatic carbocycles. The fraction of sp³-hybridized carbons (Fsp3) is 0.400. The van der Waals surface area contributed by atoms with Crippen molar-refractivity contribution in [3.05, 3.63) is 58.7 Å². The van der Waals surface area contributed by atoms with Crippen LogP contribution in [0.2, 0.25) is 5.02 Å². The van der Waals surface area contributed by atoms with E-state index >= 15 is 0 Å². The number of hydrogen-bond donors (Lipinski definition) is 3. The lowest BCUT2D eigenvalue weighted by atomic mass is 9.94. The van der Waals surface area contributed by atoms with Crippen LogP contribution in [0.25, 0.3) is 0 Å². The third kappa shape index (κ3) is 4.28. The highest BCUT2D eigenvalue weighted by molar-refractivity contribution is 6.30. The lowest BCUT2D eigenvalue weighted by Gasteiger charge is -2.29. The molecular weight excluding hydrogens is 378 g/mol. The molecular formula is C20H24ClN5O2. The van der Waals surface area contributed by atoms with Gasteiger partial charge in [0.25, 0.3) is 0 Å². The normalized spacial score (nSPS) is 22.2. The molecule has 0 saturated carbocycles. The Bertz CT molecular complexity index is 810. The zero-order valence-corrected chi connectivity index (χ0v) is 16.3. The monoisotopic (exact) mass is 401 g/mol. The topological polar surface area (TPSA) is 78.5 Å². The summed E-state index contributed by atoms with van der Waals surface area (Å²) in [5.74, 6) is 0.724. The van der Waals surface area contributed by atoms with E-state index in [4.69, 9.17) is 16.3 Å². The SMILES string of the molecule is O=C(NCc1cccnc1N1CCOCC1)C1CNNC1c1ccc(Cl)cc1. The molecule has 148 valence electrons. The number of rotatable bonds is 5. The summed E-state index contributed by atoms with van der Waals surface area (Å²) in [5.41, 5.74) is 8.34. The van der Waals surface area contributed by atoms with Crippen molar-refractivity contribution in [2.24, 2.45) is 5.92 Å². The van der Waals surface area contributed by atoms with E-state index in [1.165, 1.54) is 0 Å². The first-order chi connectivity index (χ1) is 13.7. The van der Waals surface area contributed by atoms with E-state index in [-0.39, 0.29) is 17.9 Å². The molecule has 1 aromatic heterocycles. The molecule has 0 aliphatic carbocycles. The van der Waals surface area contributed by atoms with E-state index in [2.05, 4.69) is 26.1 Å². The molecule has 0 bridgehead atoms. The van der Waals surface area contributed by atoms with Crippen LogP contribution in [0.5, 0.6) is 0 Å². The Morgan fingerprint density at radius 3 is 2.82 bits per heavy atom. The first-order valence-electron chi connectivity index (χ1n) is 9.50. The molecule has 28 heavy (non-hydrogen) atoms. The van der Waals surface area contributed by atoms with Crippen molar-refractivity contribution in [3.63, 3.8) is 0 Å². The van der Waals surface area contributed by atoms with Gasteiger partial charge in [0.2, 0.25) is 5.91 Å². The molecule has 8 heteroatoms. The molecule has 0 spiro atoms. The number of pyridine rings is 1. The van der Waals surface area contributed by atoms with Crippen LogP contribution < -0.4 is 21.1 Å². The van der Waals surface area contributed by atoms with Crippen LogP contribution in [-0.4, -0.2) is 43.7 Å². The predicted molar refractivity (Wildman–Crippen MR) is 108 cm³/mol. The number of hydrazine groups is 1. The van der Waals surface area contributed by atoms with Gasteiger partial charge in [-0.05, 0) is 23.8 Å². The van der Waals surface area contributed by atoms with Gasteiger partial charge in [-0.3, -0.25) is 10.2 Å². The molecule has 1 amide bonds. The lowest BCUT2D eigenvalue weighted by Crippen LogP contribution is -2.38. The Morgan fingerprint density at radius 1 is 1.25 bits per heavy atom. The molecule has 0 radical (unpaired) electrons. The van der Waals surface area contributed by atoms with E-state index in [0.717, 1.165) is 30.0 Å². The lowest BCUT2D eigenvalue weighted by molar-refractivity contribution is -0.125. The van der Waals surface area contributed by atoms with Gasteiger partial charge in [0.05, 0.1) is 25.2 Å². The maximum atomic E-state index is 12.9. The summed E-state index contributed by atoms with van der Waals surface area (Å²) in [6.07, 6.45) is 1.79. The molecule has 7 nitrogen and oxygen atoms in total. The van der Waals surface area contributed by atoms with Crippen LogP contribution in [0.15, 0.2) is 42.6 Å². The number of ether oxygens (including phenoxy) is 1. The van der Waals surface area contributed by atoms with Gasteiger partial charge in [-0.25, -0.2) is 10.4 Å². The minimum Gasteiger partial charge on any atom is -0.378 e. The van der Waals surface area contributed by atoms with Gasteiger partial charge in [0.15, 0.2) is 0 Å². The molecule has 2 aliphatic heterocycles. The summed E-state index contributed by atoms with van der Waals surface area (Å²) in [6, 6.07) is 11.4. The smallest absolute Gasteiger partial charge is 0.226 e. The number of benzene rings is 1.